The standard InChI is InChI=1S/C28H30N2O12/c31-9-15-19(33)21(35)23(37)27(41-15)29-13-7-3-1-5-11(13)17(25(29)39)18-12-6-2-4-8-14(12)30(26(18)40)28-24(38)22(36)20(34)16(10-32)42-28/h1-8,15-16,19-24,27-28,31-38H,9-10H2/b18-17-/t15-,16-,19-,20-,21+,22+,23+,24+,27-,28-/m0/s1. The minimum Gasteiger partial charge on any atom is -0.394 e. The molecule has 2 saturated heterocycles. The van der Waals surface area contributed by atoms with Crippen LogP contribution < -0.4 is 9.80 Å². The van der Waals surface area contributed by atoms with Crippen LogP contribution in [0.2, 0.25) is 0 Å². The van der Waals surface area contributed by atoms with Crippen LogP contribution in [0.25, 0.3) is 11.1 Å². The van der Waals surface area contributed by atoms with Crippen molar-refractivity contribution in [2.75, 3.05) is 23.0 Å². The van der Waals surface area contributed by atoms with Crippen LogP contribution in [-0.4, -0.2) is 127 Å². The smallest absolute Gasteiger partial charge is 0.262 e. The molecule has 0 unspecified atom stereocenters. The van der Waals surface area contributed by atoms with Crippen molar-refractivity contribution in [3.8, 4) is 0 Å². The van der Waals surface area contributed by atoms with Crippen molar-refractivity contribution in [1.29, 1.82) is 0 Å². The van der Waals surface area contributed by atoms with Gasteiger partial charge in [0.1, 0.15) is 48.8 Å². The summed E-state index contributed by atoms with van der Waals surface area (Å²) in [6.07, 6.45) is -16.0. The first kappa shape index (κ1) is 28.8. The highest BCUT2D eigenvalue weighted by atomic mass is 16.6. The van der Waals surface area contributed by atoms with Gasteiger partial charge in [0.05, 0.1) is 35.7 Å². The number of benzene rings is 2. The maximum Gasteiger partial charge on any atom is 0.262 e. The van der Waals surface area contributed by atoms with Gasteiger partial charge in [-0.1, -0.05) is 36.4 Å². The minimum atomic E-state index is -1.78. The maximum absolute atomic E-state index is 14.2. The van der Waals surface area contributed by atoms with E-state index in [0.717, 1.165) is 9.80 Å². The number of ether oxygens (including phenoxy) is 2. The molecule has 8 N–H and O–H groups in total. The third-order valence-electron chi connectivity index (χ3n) is 8.22. The molecule has 2 aromatic rings. The highest BCUT2D eigenvalue weighted by Gasteiger charge is 2.54. The predicted molar refractivity (Wildman–Crippen MR) is 142 cm³/mol. The van der Waals surface area contributed by atoms with Crippen molar-refractivity contribution in [2.45, 2.75) is 61.3 Å². The average molecular weight is 587 g/mol. The maximum atomic E-state index is 14.2. The fraction of sp³-hybridized carbons (Fsp3) is 0.429. The molecular weight excluding hydrogens is 556 g/mol. The lowest BCUT2D eigenvalue weighted by Gasteiger charge is -2.43. The van der Waals surface area contributed by atoms with Crippen molar-refractivity contribution in [1.82, 2.24) is 0 Å². The Balaban J connectivity index is 1.48. The quantitative estimate of drug-likeness (QED) is 0.167. The molecule has 4 aliphatic heterocycles. The largest absolute Gasteiger partial charge is 0.394 e. The van der Waals surface area contributed by atoms with Crippen molar-refractivity contribution in [3.05, 3.63) is 59.7 Å². The summed E-state index contributed by atoms with van der Waals surface area (Å²) in [6.45, 7) is -1.42. The number of amides is 2. The van der Waals surface area contributed by atoms with Gasteiger partial charge in [-0.15, -0.1) is 0 Å². The van der Waals surface area contributed by atoms with E-state index in [4.69, 9.17) is 9.47 Å². The molecule has 4 aliphatic rings. The molecular formula is C28H30N2O12. The van der Waals surface area contributed by atoms with Gasteiger partial charge in [-0.3, -0.25) is 19.4 Å². The highest BCUT2D eigenvalue weighted by molar-refractivity contribution is 6.50. The average Bonchev–Trinajstić information content (AvgIpc) is 3.44. The van der Waals surface area contributed by atoms with Gasteiger partial charge >= 0.3 is 0 Å². The summed E-state index contributed by atoms with van der Waals surface area (Å²) in [5.41, 5.74) is 0.845. The second-order valence-corrected chi connectivity index (χ2v) is 10.6. The molecule has 0 radical (unpaired) electrons. The molecule has 0 saturated carbocycles. The summed E-state index contributed by atoms with van der Waals surface area (Å²) in [5, 5.41) is 82.3. The Bertz CT molecular complexity index is 1320. The summed E-state index contributed by atoms with van der Waals surface area (Å²) in [5.74, 6) is -1.57. The summed E-state index contributed by atoms with van der Waals surface area (Å²) < 4.78 is 11.3. The second-order valence-electron chi connectivity index (χ2n) is 10.6. The topological polar surface area (TPSA) is 221 Å². The summed E-state index contributed by atoms with van der Waals surface area (Å²) >= 11 is 0. The first-order valence-corrected chi connectivity index (χ1v) is 13.3. The molecule has 6 rings (SSSR count). The van der Waals surface area contributed by atoms with E-state index in [1.807, 2.05) is 0 Å². The van der Waals surface area contributed by atoms with Crippen LogP contribution in [0.1, 0.15) is 11.1 Å². The van der Waals surface area contributed by atoms with E-state index in [9.17, 15) is 50.4 Å². The Hall–Kier alpha value is -3.28. The first-order valence-electron chi connectivity index (χ1n) is 13.3. The Morgan fingerprint density at radius 1 is 0.548 bits per heavy atom. The Labute approximate surface area is 238 Å². The van der Waals surface area contributed by atoms with Gasteiger partial charge in [0.25, 0.3) is 11.8 Å². The van der Waals surface area contributed by atoms with E-state index in [1.165, 1.54) is 0 Å². The molecule has 0 bridgehead atoms. The van der Waals surface area contributed by atoms with Gasteiger partial charge in [-0.2, -0.15) is 0 Å². The van der Waals surface area contributed by atoms with Crippen molar-refractivity contribution >= 4 is 34.3 Å². The van der Waals surface area contributed by atoms with Gasteiger partial charge in [0.15, 0.2) is 12.5 Å². The number of hydrogen-bond donors (Lipinski definition) is 8. The number of rotatable bonds is 4. The van der Waals surface area contributed by atoms with Crippen LogP contribution in [0.3, 0.4) is 0 Å². The van der Waals surface area contributed by atoms with E-state index in [1.54, 1.807) is 48.5 Å². The molecule has 2 amide bonds. The van der Waals surface area contributed by atoms with E-state index in [0.29, 0.717) is 0 Å². The van der Waals surface area contributed by atoms with Gasteiger partial charge in [0.2, 0.25) is 0 Å². The normalized spacial score (nSPS) is 38.2. The number of carbonyl (C=O) groups excluding carboxylic acids is 2. The number of aliphatic hydroxyl groups excluding tert-OH is 8. The van der Waals surface area contributed by atoms with Crippen molar-refractivity contribution in [2.24, 2.45) is 0 Å². The fourth-order valence-corrected chi connectivity index (χ4v) is 6.06. The highest BCUT2D eigenvalue weighted by Crippen LogP contribution is 2.49. The Kier molecular flexibility index (Phi) is 7.39. The monoisotopic (exact) mass is 586 g/mol. The van der Waals surface area contributed by atoms with Crippen LogP contribution in [0.4, 0.5) is 11.4 Å². The van der Waals surface area contributed by atoms with Gasteiger partial charge in [0, 0.05) is 11.1 Å². The van der Waals surface area contributed by atoms with Crippen molar-refractivity contribution < 1.29 is 59.9 Å². The van der Waals surface area contributed by atoms with Crippen LogP contribution >= 0.6 is 0 Å². The lowest BCUT2D eigenvalue weighted by Crippen LogP contribution is -2.64. The van der Waals surface area contributed by atoms with Crippen LogP contribution in [0.5, 0.6) is 0 Å². The lowest BCUT2D eigenvalue weighted by molar-refractivity contribution is -0.228. The number of para-hydroxylation sites is 2. The number of hydrogen-bond acceptors (Lipinski definition) is 12. The molecule has 0 aromatic heterocycles. The zero-order valence-corrected chi connectivity index (χ0v) is 21.9. The third kappa shape index (κ3) is 4.11. The molecule has 14 nitrogen and oxygen atoms in total. The van der Waals surface area contributed by atoms with E-state index in [2.05, 4.69) is 0 Å². The summed E-state index contributed by atoms with van der Waals surface area (Å²) in [6, 6.07) is 12.7. The van der Waals surface area contributed by atoms with E-state index in [-0.39, 0.29) is 33.6 Å². The Morgan fingerprint density at radius 3 is 1.26 bits per heavy atom. The fourth-order valence-electron chi connectivity index (χ4n) is 6.06. The van der Waals surface area contributed by atoms with Gasteiger partial charge < -0.3 is 50.3 Å². The molecule has 10 atom stereocenters. The van der Waals surface area contributed by atoms with E-state index < -0.39 is 86.3 Å². The molecule has 2 fully saturated rings. The number of anilines is 2. The zero-order valence-electron chi connectivity index (χ0n) is 21.9. The molecule has 224 valence electrons. The lowest BCUT2D eigenvalue weighted by atomic mass is 9.96. The number of aliphatic hydroxyl groups is 8. The number of fused-ring (bicyclic) bond motifs is 2. The van der Waals surface area contributed by atoms with Gasteiger partial charge in [-0.25, -0.2) is 0 Å². The second kappa shape index (κ2) is 10.8. The van der Waals surface area contributed by atoms with E-state index >= 15 is 0 Å². The van der Waals surface area contributed by atoms with Crippen molar-refractivity contribution in [3.63, 3.8) is 0 Å². The molecule has 0 spiro atoms. The van der Waals surface area contributed by atoms with Crippen LogP contribution in [0.15, 0.2) is 48.5 Å². The SMILES string of the molecule is O=C1/C(=C2\C(=O)N([C@H]3O[C@@H](CO)[C@H](O)[C@@H](O)[C@H]3O)c3ccccc32)c2ccccc2N1[C@H]1O[C@@H](CO)[C@H](O)[C@@H](O)[C@H]1O. The minimum absolute atomic E-state index is 0.0906. The van der Waals surface area contributed by atoms with Gasteiger partial charge in [-0.05, 0) is 12.1 Å². The molecule has 42 heavy (non-hydrogen) atoms. The summed E-state index contributed by atoms with van der Waals surface area (Å²) in [4.78, 5) is 30.5. The van der Waals surface area contributed by atoms with Crippen LogP contribution in [0, 0.1) is 0 Å². The Morgan fingerprint density at radius 2 is 0.905 bits per heavy atom. The van der Waals surface area contributed by atoms with Crippen LogP contribution in [-0.2, 0) is 19.1 Å². The number of nitrogens with zero attached hydrogens (tertiary/aromatic N) is 2. The molecule has 0 aliphatic carbocycles. The molecule has 4 heterocycles. The predicted octanol–water partition coefficient (Wildman–Crippen LogP) is -3.11. The zero-order chi connectivity index (χ0) is 30.0. The molecule has 2 aromatic carbocycles. The summed E-state index contributed by atoms with van der Waals surface area (Å²) in [7, 11) is 0. The third-order valence-corrected chi connectivity index (χ3v) is 8.22. The first-order chi connectivity index (χ1) is 20.1. The number of carbonyl (C=O) groups is 2. The molecule has 14 heteroatoms.